The number of anilines is 2. The number of nitrogens with one attached hydrogen (secondary N) is 3. The van der Waals surface area contributed by atoms with Gasteiger partial charge in [0.05, 0.1) is 0 Å². The van der Waals surface area contributed by atoms with Crippen molar-refractivity contribution in [1.29, 1.82) is 0 Å². The van der Waals surface area contributed by atoms with Crippen molar-refractivity contribution in [2.45, 2.75) is 39.2 Å². The van der Waals surface area contributed by atoms with Gasteiger partial charge in [-0.3, -0.25) is 4.57 Å². The van der Waals surface area contributed by atoms with Gasteiger partial charge in [-0.05, 0) is 38.3 Å². The molecule has 1 aliphatic heterocycles. The third-order valence-corrected chi connectivity index (χ3v) is 4.36. The van der Waals surface area contributed by atoms with Gasteiger partial charge in [0.25, 0.3) is 0 Å². The molecule has 24 heavy (non-hydrogen) atoms. The molecule has 0 atom stereocenters. The van der Waals surface area contributed by atoms with Gasteiger partial charge in [0, 0.05) is 13.1 Å². The first-order valence-corrected chi connectivity index (χ1v) is 8.39. The molecule has 0 aromatic carbocycles. The van der Waals surface area contributed by atoms with Crippen molar-refractivity contribution in [3.05, 3.63) is 10.5 Å². The van der Waals surface area contributed by atoms with Crippen LogP contribution in [0.3, 0.4) is 0 Å². The number of unbranched alkanes of at least 4 members (excludes halogenated alkanes) is 1. The Kier molecular flexibility index (Phi) is 6.44. The average molecular weight is 356 g/mol. The molecule has 2 aromatic rings. The largest absolute Gasteiger partial charge is 0.382 e. The van der Waals surface area contributed by atoms with E-state index in [0.29, 0.717) is 35.4 Å². The first-order chi connectivity index (χ1) is 11.2. The second kappa shape index (κ2) is 8.34. The van der Waals surface area contributed by atoms with Crippen molar-refractivity contribution in [3.63, 3.8) is 0 Å². The molecule has 0 radical (unpaired) electrons. The number of rotatable bonds is 6. The van der Waals surface area contributed by atoms with Crippen molar-refractivity contribution < 1.29 is 0 Å². The predicted molar refractivity (Wildman–Crippen MR) is 98.8 cm³/mol. The second-order valence-electron chi connectivity index (χ2n) is 6.15. The van der Waals surface area contributed by atoms with Gasteiger partial charge in [0.2, 0.25) is 5.95 Å². The van der Waals surface area contributed by atoms with E-state index in [-0.39, 0.29) is 18.1 Å². The number of imidazole rings is 1. The summed E-state index contributed by atoms with van der Waals surface area (Å²) < 4.78 is 1.70. The Morgan fingerprint density at radius 1 is 1.33 bits per heavy atom. The van der Waals surface area contributed by atoms with Crippen LogP contribution in [0.2, 0.25) is 0 Å². The van der Waals surface area contributed by atoms with Gasteiger partial charge in [-0.1, -0.05) is 13.3 Å². The number of nitrogens with two attached hydrogens (primary N) is 1. The number of H-pyrrole nitrogens is 1. The molecule has 3 rings (SSSR count). The van der Waals surface area contributed by atoms with E-state index < -0.39 is 0 Å². The third kappa shape index (κ3) is 3.99. The quantitative estimate of drug-likeness (QED) is 0.581. The highest BCUT2D eigenvalue weighted by molar-refractivity contribution is 5.85. The van der Waals surface area contributed by atoms with Gasteiger partial charge in [0.1, 0.15) is 5.52 Å². The minimum absolute atomic E-state index is 0. The van der Waals surface area contributed by atoms with Crippen molar-refractivity contribution in [1.82, 2.24) is 24.8 Å². The molecule has 0 bridgehead atoms. The normalized spacial score (nSPS) is 15.4. The van der Waals surface area contributed by atoms with Gasteiger partial charge in [0.15, 0.2) is 11.5 Å². The molecule has 0 spiro atoms. The standard InChI is InChI=1S/C15H25N7O.ClH/c1-2-3-6-18-14-20-12(16)11-13(21-14)22(15(23)19-11)9-10-4-7-17-8-5-10;/h10,17H,2-9H2,1H3,(H,19,23)(H3,16,18,20,21);1H. The van der Waals surface area contributed by atoms with Crippen LogP contribution in [0.4, 0.5) is 11.8 Å². The van der Waals surface area contributed by atoms with Gasteiger partial charge >= 0.3 is 5.69 Å². The van der Waals surface area contributed by atoms with Crippen molar-refractivity contribution >= 4 is 35.3 Å². The molecule has 9 heteroatoms. The molecule has 2 aromatic heterocycles. The number of hydrogen-bond acceptors (Lipinski definition) is 6. The van der Waals surface area contributed by atoms with E-state index in [1.165, 1.54) is 0 Å². The predicted octanol–water partition coefficient (Wildman–Crippen LogP) is 1.34. The van der Waals surface area contributed by atoms with Gasteiger partial charge in [-0.25, -0.2) is 4.79 Å². The fraction of sp³-hybridized carbons (Fsp3) is 0.667. The molecule has 1 fully saturated rings. The number of halogens is 1. The van der Waals surface area contributed by atoms with Crippen LogP contribution in [0.25, 0.3) is 11.2 Å². The van der Waals surface area contributed by atoms with E-state index in [4.69, 9.17) is 5.73 Å². The summed E-state index contributed by atoms with van der Waals surface area (Å²) in [7, 11) is 0. The van der Waals surface area contributed by atoms with Crippen LogP contribution in [0.1, 0.15) is 32.6 Å². The lowest BCUT2D eigenvalue weighted by atomic mass is 9.98. The number of nitrogen functional groups attached to an aromatic ring is 1. The van der Waals surface area contributed by atoms with Gasteiger partial charge in [-0.15, -0.1) is 12.4 Å². The molecule has 0 unspecified atom stereocenters. The lowest BCUT2D eigenvalue weighted by Gasteiger charge is -2.22. The van der Waals surface area contributed by atoms with E-state index in [9.17, 15) is 4.79 Å². The topological polar surface area (TPSA) is 114 Å². The van der Waals surface area contributed by atoms with Crippen LogP contribution < -0.4 is 22.1 Å². The van der Waals surface area contributed by atoms with Crippen LogP contribution in [0, 0.1) is 5.92 Å². The Labute approximate surface area is 147 Å². The molecule has 1 aliphatic rings. The summed E-state index contributed by atoms with van der Waals surface area (Å²) in [6.45, 7) is 5.60. The van der Waals surface area contributed by atoms with Crippen LogP contribution in [0.5, 0.6) is 0 Å². The molecular formula is C15H26ClN7O. The molecule has 134 valence electrons. The van der Waals surface area contributed by atoms with E-state index in [2.05, 4.69) is 32.5 Å². The molecule has 0 saturated carbocycles. The minimum atomic E-state index is -0.162. The average Bonchev–Trinajstić information content (AvgIpc) is 2.86. The first kappa shape index (κ1) is 18.5. The number of aromatic amines is 1. The Morgan fingerprint density at radius 2 is 2.08 bits per heavy atom. The Bertz CT molecular complexity index is 720. The molecular weight excluding hydrogens is 330 g/mol. The number of aromatic nitrogens is 4. The third-order valence-electron chi connectivity index (χ3n) is 4.36. The van der Waals surface area contributed by atoms with Crippen LogP contribution in [0.15, 0.2) is 4.79 Å². The smallest absolute Gasteiger partial charge is 0.327 e. The maximum Gasteiger partial charge on any atom is 0.327 e. The van der Waals surface area contributed by atoms with E-state index in [1.54, 1.807) is 4.57 Å². The summed E-state index contributed by atoms with van der Waals surface area (Å²) in [4.78, 5) is 23.8. The summed E-state index contributed by atoms with van der Waals surface area (Å²) >= 11 is 0. The monoisotopic (exact) mass is 355 g/mol. The molecule has 0 aliphatic carbocycles. The first-order valence-electron chi connectivity index (χ1n) is 8.39. The summed E-state index contributed by atoms with van der Waals surface area (Å²) in [5.41, 5.74) is 6.96. The number of fused-ring (bicyclic) bond motifs is 1. The highest BCUT2D eigenvalue weighted by Gasteiger charge is 2.19. The van der Waals surface area contributed by atoms with Gasteiger partial charge in [-0.2, -0.15) is 9.97 Å². The van der Waals surface area contributed by atoms with E-state index in [0.717, 1.165) is 45.3 Å². The Balaban J connectivity index is 0.00000208. The number of nitrogens with zero attached hydrogens (tertiary/aromatic N) is 3. The van der Waals surface area contributed by atoms with E-state index in [1.807, 2.05) is 0 Å². The Hall–Kier alpha value is -1.80. The summed E-state index contributed by atoms with van der Waals surface area (Å²) in [6.07, 6.45) is 4.27. The Morgan fingerprint density at radius 3 is 2.79 bits per heavy atom. The molecule has 5 N–H and O–H groups in total. The molecule has 8 nitrogen and oxygen atoms in total. The molecule has 1 saturated heterocycles. The maximum absolute atomic E-state index is 12.3. The number of piperidine rings is 1. The zero-order valence-corrected chi connectivity index (χ0v) is 14.8. The van der Waals surface area contributed by atoms with Crippen LogP contribution >= 0.6 is 12.4 Å². The van der Waals surface area contributed by atoms with Crippen LogP contribution in [-0.4, -0.2) is 39.2 Å². The second-order valence-corrected chi connectivity index (χ2v) is 6.15. The fourth-order valence-electron chi connectivity index (χ4n) is 3.00. The van der Waals surface area contributed by atoms with Crippen molar-refractivity contribution in [3.8, 4) is 0 Å². The summed E-state index contributed by atoms with van der Waals surface area (Å²) in [6, 6.07) is 0. The zero-order chi connectivity index (χ0) is 16.2. The summed E-state index contributed by atoms with van der Waals surface area (Å²) in [5, 5.41) is 6.52. The fourth-order valence-corrected chi connectivity index (χ4v) is 3.00. The zero-order valence-electron chi connectivity index (χ0n) is 14.0. The highest BCUT2D eigenvalue weighted by Crippen LogP contribution is 2.20. The van der Waals surface area contributed by atoms with Crippen molar-refractivity contribution in [2.24, 2.45) is 5.92 Å². The molecule has 3 heterocycles. The van der Waals surface area contributed by atoms with Gasteiger partial charge < -0.3 is 21.4 Å². The number of hydrogen-bond donors (Lipinski definition) is 4. The lowest BCUT2D eigenvalue weighted by molar-refractivity contribution is 0.333. The SMILES string of the molecule is CCCCNc1nc(N)c2[nH]c(=O)n(CC3CCNCC3)c2n1.Cl. The molecule has 0 amide bonds. The lowest BCUT2D eigenvalue weighted by Crippen LogP contribution is -2.32. The minimum Gasteiger partial charge on any atom is -0.382 e. The van der Waals surface area contributed by atoms with E-state index >= 15 is 0 Å². The van der Waals surface area contributed by atoms with Crippen LogP contribution in [-0.2, 0) is 6.54 Å². The van der Waals surface area contributed by atoms with Crippen molar-refractivity contribution in [2.75, 3.05) is 30.7 Å². The summed E-state index contributed by atoms with van der Waals surface area (Å²) in [5.74, 6) is 1.29. The highest BCUT2D eigenvalue weighted by atomic mass is 35.5. The maximum atomic E-state index is 12.3.